The van der Waals surface area contributed by atoms with Crippen molar-refractivity contribution in [2.75, 3.05) is 0 Å². The van der Waals surface area contributed by atoms with E-state index in [0.29, 0.717) is 5.56 Å². The summed E-state index contributed by atoms with van der Waals surface area (Å²) in [6, 6.07) is 13.5. The first-order valence-electron chi connectivity index (χ1n) is 4.32. The molecule has 68 valence electrons. The van der Waals surface area contributed by atoms with E-state index in [2.05, 4.69) is 4.63 Å². The summed E-state index contributed by atoms with van der Waals surface area (Å²) in [7, 11) is 1.33. The molecule has 0 aliphatic rings. The molecule has 0 fully saturated rings. The van der Waals surface area contributed by atoms with Gasteiger partial charge in [0.2, 0.25) is 0 Å². The Labute approximate surface area is 84.7 Å². The number of fused-ring (bicyclic) bond motifs is 1. The van der Waals surface area contributed by atoms with Crippen LogP contribution in [0.5, 0.6) is 0 Å². The molecule has 0 saturated carbocycles. The Hall–Kier alpha value is -1.61. The fraction of sp³-hybridized carbons (Fsp3) is 0. The van der Waals surface area contributed by atoms with Crippen LogP contribution in [0.25, 0.3) is 10.8 Å². The molecule has 0 aromatic heterocycles. The fourth-order valence-corrected chi connectivity index (χ4v) is 1.67. The Morgan fingerprint density at radius 2 is 1.79 bits per heavy atom. The standard InChI is InChI=1S/C11H9NOSi/c13-11(12-14)10-7-3-5-8-4-1-2-6-9(8)10/h1-7H,14H2. The van der Waals surface area contributed by atoms with Gasteiger partial charge in [0.05, 0.1) is 0 Å². The topological polar surface area (TPSA) is 29.4 Å². The van der Waals surface area contributed by atoms with Gasteiger partial charge in [0.25, 0.3) is 5.91 Å². The SMILES string of the molecule is O=C(N=[SiH2])c1cccc2ccccc12. The van der Waals surface area contributed by atoms with Crippen LogP contribution in [0.4, 0.5) is 0 Å². The second-order valence-electron chi connectivity index (χ2n) is 2.99. The van der Waals surface area contributed by atoms with Crippen molar-refractivity contribution in [1.82, 2.24) is 0 Å². The van der Waals surface area contributed by atoms with Crippen molar-refractivity contribution in [3.63, 3.8) is 0 Å². The normalized spacial score (nSPS) is 10.0. The van der Waals surface area contributed by atoms with E-state index in [1.807, 2.05) is 42.5 Å². The monoisotopic (exact) mass is 199 g/mol. The van der Waals surface area contributed by atoms with Gasteiger partial charge in [0, 0.05) is 5.56 Å². The van der Waals surface area contributed by atoms with Gasteiger partial charge in [-0.1, -0.05) is 36.4 Å². The predicted octanol–water partition coefficient (Wildman–Crippen LogP) is 1.80. The average molecular weight is 199 g/mol. The molecule has 0 N–H and O–H groups in total. The fourth-order valence-electron chi connectivity index (χ4n) is 1.50. The number of rotatable bonds is 1. The highest BCUT2D eigenvalue weighted by Crippen LogP contribution is 2.18. The smallest absolute Gasteiger partial charge is 0.267 e. The van der Waals surface area contributed by atoms with Crippen LogP contribution in [0.15, 0.2) is 47.1 Å². The minimum atomic E-state index is -0.153. The quantitative estimate of drug-likeness (QED) is 0.644. The van der Waals surface area contributed by atoms with Crippen LogP contribution in [0.3, 0.4) is 0 Å². The van der Waals surface area contributed by atoms with E-state index in [1.165, 1.54) is 10.0 Å². The molecule has 0 aliphatic carbocycles. The van der Waals surface area contributed by atoms with E-state index in [4.69, 9.17) is 0 Å². The number of hydrogen-bond donors (Lipinski definition) is 0. The van der Waals surface area contributed by atoms with Crippen molar-refractivity contribution < 1.29 is 4.79 Å². The summed E-state index contributed by atoms with van der Waals surface area (Å²) in [4.78, 5) is 11.5. The van der Waals surface area contributed by atoms with Gasteiger partial charge in [-0.15, -0.1) is 0 Å². The zero-order valence-electron chi connectivity index (χ0n) is 7.60. The highest BCUT2D eigenvalue weighted by atomic mass is 28.1. The summed E-state index contributed by atoms with van der Waals surface area (Å²) in [6.07, 6.45) is 0. The number of carbonyl (C=O) groups excluding carboxylic acids is 1. The number of nitrogens with zero attached hydrogens (tertiary/aromatic N) is 1. The van der Waals surface area contributed by atoms with Crippen molar-refractivity contribution in [2.24, 2.45) is 4.63 Å². The second-order valence-corrected chi connectivity index (χ2v) is 3.31. The number of amides is 1. The van der Waals surface area contributed by atoms with Crippen LogP contribution in [0, 0.1) is 0 Å². The van der Waals surface area contributed by atoms with Gasteiger partial charge in [-0.25, -0.2) is 0 Å². The highest BCUT2D eigenvalue weighted by molar-refractivity contribution is 6.13. The Morgan fingerprint density at radius 1 is 1.07 bits per heavy atom. The van der Waals surface area contributed by atoms with Gasteiger partial charge >= 0.3 is 0 Å². The molecule has 0 unspecified atom stereocenters. The Balaban J connectivity index is 2.77. The lowest BCUT2D eigenvalue weighted by atomic mass is 10.0. The molecule has 1 amide bonds. The van der Waals surface area contributed by atoms with Crippen LogP contribution in [0.2, 0.25) is 0 Å². The number of benzene rings is 2. The molecule has 0 bridgehead atoms. The molecular weight excluding hydrogens is 190 g/mol. The van der Waals surface area contributed by atoms with E-state index in [0.717, 1.165) is 10.8 Å². The molecule has 2 aromatic carbocycles. The minimum Gasteiger partial charge on any atom is -0.274 e. The second kappa shape index (κ2) is 3.63. The van der Waals surface area contributed by atoms with Crippen molar-refractivity contribution in [3.05, 3.63) is 48.0 Å². The maximum Gasteiger partial charge on any atom is 0.267 e. The van der Waals surface area contributed by atoms with E-state index in [9.17, 15) is 4.79 Å². The summed E-state index contributed by atoms with van der Waals surface area (Å²) < 4.78 is 3.70. The summed E-state index contributed by atoms with van der Waals surface area (Å²) in [5.41, 5.74) is 0.679. The van der Waals surface area contributed by atoms with Crippen molar-refractivity contribution in [2.45, 2.75) is 0 Å². The first-order chi connectivity index (χ1) is 6.83. The lowest BCUT2D eigenvalue weighted by molar-refractivity contribution is 0.101. The first-order valence-corrected chi connectivity index (χ1v) is 4.95. The summed E-state index contributed by atoms with van der Waals surface area (Å²) in [6.45, 7) is 0. The summed E-state index contributed by atoms with van der Waals surface area (Å²) in [5.74, 6) is -0.153. The highest BCUT2D eigenvalue weighted by Gasteiger charge is 2.05. The van der Waals surface area contributed by atoms with E-state index < -0.39 is 0 Å². The lowest BCUT2D eigenvalue weighted by Crippen LogP contribution is -1.94. The summed E-state index contributed by atoms with van der Waals surface area (Å²) in [5, 5.41) is 2.04. The van der Waals surface area contributed by atoms with Crippen LogP contribution in [-0.2, 0) is 0 Å². The molecule has 0 radical (unpaired) electrons. The summed E-state index contributed by atoms with van der Waals surface area (Å²) >= 11 is 0. The maximum atomic E-state index is 11.5. The first kappa shape index (κ1) is 8.96. The third-order valence-corrected chi connectivity index (χ3v) is 2.45. The van der Waals surface area contributed by atoms with Crippen LogP contribution < -0.4 is 0 Å². The molecule has 3 heteroatoms. The molecular formula is C11H9NOSi. The van der Waals surface area contributed by atoms with Crippen LogP contribution in [0.1, 0.15) is 10.4 Å². The Kier molecular flexibility index (Phi) is 2.33. The minimum absolute atomic E-state index is 0.153. The van der Waals surface area contributed by atoms with Gasteiger partial charge in [0.1, 0.15) is 10.0 Å². The average Bonchev–Trinajstić information content (AvgIpc) is 2.27. The third kappa shape index (κ3) is 1.42. The maximum absolute atomic E-state index is 11.5. The zero-order chi connectivity index (χ0) is 9.97. The van der Waals surface area contributed by atoms with Crippen LogP contribution in [-0.4, -0.2) is 15.9 Å². The molecule has 2 rings (SSSR count). The van der Waals surface area contributed by atoms with Crippen molar-refractivity contribution in [3.8, 4) is 0 Å². The molecule has 14 heavy (non-hydrogen) atoms. The molecule has 0 saturated heterocycles. The molecule has 0 aliphatic heterocycles. The van der Waals surface area contributed by atoms with E-state index in [-0.39, 0.29) is 5.91 Å². The van der Waals surface area contributed by atoms with Gasteiger partial charge in [-0.05, 0) is 16.8 Å². The Morgan fingerprint density at radius 3 is 2.57 bits per heavy atom. The predicted molar refractivity (Wildman–Crippen MR) is 59.3 cm³/mol. The largest absolute Gasteiger partial charge is 0.274 e. The number of hydrogen-bond acceptors (Lipinski definition) is 1. The molecule has 0 spiro atoms. The van der Waals surface area contributed by atoms with E-state index in [1.54, 1.807) is 0 Å². The van der Waals surface area contributed by atoms with Crippen LogP contribution >= 0.6 is 0 Å². The van der Waals surface area contributed by atoms with Gasteiger partial charge < -0.3 is 0 Å². The Bertz CT molecular complexity index is 502. The molecule has 2 nitrogen and oxygen atoms in total. The molecule has 0 atom stereocenters. The zero-order valence-corrected chi connectivity index (χ0v) is 9.02. The van der Waals surface area contributed by atoms with Crippen molar-refractivity contribution in [1.29, 1.82) is 0 Å². The van der Waals surface area contributed by atoms with Gasteiger partial charge in [-0.2, -0.15) is 0 Å². The molecule has 0 heterocycles. The van der Waals surface area contributed by atoms with Gasteiger partial charge in [0.15, 0.2) is 0 Å². The molecule has 2 aromatic rings. The van der Waals surface area contributed by atoms with Gasteiger partial charge in [-0.3, -0.25) is 9.43 Å². The lowest BCUT2D eigenvalue weighted by Gasteiger charge is -2.01. The third-order valence-electron chi connectivity index (χ3n) is 2.16. The number of carbonyl (C=O) groups is 1. The van der Waals surface area contributed by atoms with Crippen molar-refractivity contribution >= 4 is 26.7 Å². The van der Waals surface area contributed by atoms with E-state index >= 15 is 0 Å².